The predicted octanol–water partition coefficient (Wildman–Crippen LogP) is 6.85. The molecule has 0 aromatic heterocycles. The number of phenols is 2. The summed E-state index contributed by atoms with van der Waals surface area (Å²) in [4.78, 5) is 9.89. The molecule has 3 aromatic rings. The number of aromatic hydroxyl groups is 2. The van der Waals surface area contributed by atoms with E-state index >= 15 is 0 Å². The SMILES string of the molecule is C=CCc1ccc(O)c(OC)c1.Cc1ccc(C(C)C)cc1O.O=C/C=C/c1ccccc1. The summed E-state index contributed by atoms with van der Waals surface area (Å²) in [5.74, 6) is 1.57. The minimum Gasteiger partial charge on any atom is -0.508 e. The molecule has 0 spiro atoms. The van der Waals surface area contributed by atoms with Crippen molar-refractivity contribution in [2.45, 2.75) is 33.1 Å². The summed E-state index contributed by atoms with van der Waals surface area (Å²) in [7, 11) is 1.53. The van der Waals surface area contributed by atoms with E-state index in [0.717, 1.165) is 29.4 Å². The summed E-state index contributed by atoms with van der Waals surface area (Å²) in [5, 5.41) is 18.6. The van der Waals surface area contributed by atoms with Crippen molar-refractivity contribution in [2.75, 3.05) is 7.11 Å². The predicted molar refractivity (Wildman–Crippen MR) is 137 cm³/mol. The van der Waals surface area contributed by atoms with E-state index < -0.39 is 0 Å². The van der Waals surface area contributed by atoms with Crippen molar-refractivity contribution in [3.05, 3.63) is 108 Å². The highest BCUT2D eigenvalue weighted by Crippen LogP contribution is 2.26. The molecule has 0 radical (unpaired) electrons. The highest BCUT2D eigenvalue weighted by atomic mass is 16.5. The van der Waals surface area contributed by atoms with Crippen LogP contribution in [0.3, 0.4) is 0 Å². The summed E-state index contributed by atoms with van der Waals surface area (Å²) in [5.41, 5.74) is 4.26. The largest absolute Gasteiger partial charge is 0.508 e. The van der Waals surface area contributed by atoms with Gasteiger partial charge in [-0.2, -0.15) is 0 Å². The Morgan fingerprint density at radius 2 is 1.67 bits per heavy atom. The van der Waals surface area contributed by atoms with Crippen LogP contribution in [-0.2, 0) is 11.2 Å². The summed E-state index contributed by atoms with van der Waals surface area (Å²) >= 11 is 0. The number of phenolic OH excluding ortho intramolecular Hbond substituents is 2. The van der Waals surface area contributed by atoms with Gasteiger partial charge in [-0.25, -0.2) is 0 Å². The van der Waals surface area contributed by atoms with Gasteiger partial charge in [0.25, 0.3) is 0 Å². The molecule has 0 saturated heterocycles. The Bertz CT molecular complexity index is 1020. The second-order valence-corrected chi connectivity index (χ2v) is 7.61. The van der Waals surface area contributed by atoms with Crippen LogP contribution < -0.4 is 4.74 Å². The quantitative estimate of drug-likeness (QED) is 0.247. The molecule has 0 bridgehead atoms. The summed E-state index contributed by atoms with van der Waals surface area (Å²) in [6.45, 7) is 9.76. The topological polar surface area (TPSA) is 66.8 Å². The number of allylic oxidation sites excluding steroid dienone is 2. The lowest BCUT2D eigenvalue weighted by molar-refractivity contribution is -0.104. The van der Waals surface area contributed by atoms with Crippen LogP contribution in [0.5, 0.6) is 17.2 Å². The minimum atomic E-state index is 0.172. The molecule has 0 heterocycles. The molecule has 0 unspecified atom stereocenters. The Labute approximate surface area is 197 Å². The van der Waals surface area contributed by atoms with E-state index in [9.17, 15) is 15.0 Å². The van der Waals surface area contributed by atoms with E-state index in [4.69, 9.17) is 4.74 Å². The number of aryl methyl sites for hydroxylation is 1. The van der Waals surface area contributed by atoms with Gasteiger partial charge in [-0.3, -0.25) is 4.79 Å². The van der Waals surface area contributed by atoms with Crippen LogP contribution in [0.25, 0.3) is 6.08 Å². The Morgan fingerprint density at radius 1 is 0.970 bits per heavy atom. The van der Waals surface area contributed by atoms with Crippen molar-refractivity contribution >= 4 is 12.4 Å². The molecular formula is C29H34O4. The fraction of sp³-hybridized carbons (Fsp3) is 0.207. The number of hydrogen-bond acceptors (Lipinski definition) is 4. The molecule has 0 aliphatic heterocycles. The molecule has 0 aliphatic carbocycles. The Kier molecular flexibility index (Phi) is 12.5. The number of carbonyl (C=O) groups is 1. The maximum absolute atomic E-state index is 9.89. The number of benzene rings is 3. The van der Waals surface area contributed by atoms with E-state index in [1.54, 1.807) is 18.2 Å². The first-order chi connectivity index (χ1) is 15.8. The van der Waals surface area contributed by atoms with Crippen LogP contribution in [0.1, 0.15) is 42.0 Å². The highest BCUT2D eigenvalue weighted by molar-refractivity contribution is 5.73. The first-order valence-corrected chi connectivity index (χ1v) is 10.8. The van der Waals surface area contributed by atoms with Crippen molar-refractivity contribution in [1.82, 2.24) is 0 Å². The van der Waals surface area contributed by atoms with Gasteiger partial charge in [0.05, 0.1) is 7.11 Å². The van der Waals surface area contributed by atoms with Gasteiger partial charge in [-0.15, -0.1) is 6.58 Å². The molecule has 3 aromatic carbocycles. The lowest BCUT2D eigenvalue weighted by Crippen LogP contribution is -1.86. The second kappa shape index (κ2) is 15.1. The number of rotatable bonds is 6. The fourth-order valence-electron chi connectivity index (χ4n) is 2.72. The molecule has 33 heavy (non-hydrogen) atoms. The Balaban J connectivity index is 0.000000249. The molecule has 4 heteroatoms. The number of ether oxygens (including phenoxy) is 1. The van der Waals surface area contributed by atoms with E-state index in [-0.39, 0.29) is 5.75 Å². The average Bonchev–Trinajstić information content (AvgIpc) is 2.82. The molecule has 3 rings (SSSR count). The van der Waals surface area contributed by atoms with Gasteiger partial charge in [0.15, 0.2) is 11.5 Å². The first-order valence-electron chi connectivity index (χ1n) is 10.8. The zero-order valence-electron chi connectivity index (χ0n) is 19.9. The van der Waals surface area contributed by atoms with E-state index in [2.05, 4.69) is 26.5 Å². The lowest BCUT2D eigenvalue weighted by Gasteiger charge is -2.06. The van der Waals surface area contributed by atoms with E-state index in [1.165, 1.54) is 18.7 Å². The zero-order valence-corrected chi connectivity index (χ0v) is 19.9. The van der Waals surface area contributed by atoms with Crippen LogP contribution >= 0.6 is 0 Å². The van der Waals surface area contributed by atoms with Gasteiger partial charge in [0.1, 0.15) is 12.0 Å². The van der Waals surface area contributed by atoms with Gasteiger partial charge in [-0.1, -0.05) is 74.5 Å². The summed E-state index contributed by atoms with van der Waals surface area (Å²) in [6.07, 6.45) is 6.62. The van der Waals surface area contributed by atoms with Gasteiger partial charge < -0.3 is 14.9 Å². The van der Waals surface area contributed by atoms with Gasteiger partial charge in [0, 0.05) is 0 Å². The number of carbonyl (C=O) groups excluding carboxylic acids is 1. The highest BCUT2D eigenvalue weighted by Gasteiger charge is 2.01. The van der Waals surface area contributed by atoms with Gasteiger partial charge in [-0.05, 0) is 65.8 Å². The third-order valence-corrected chi connectivity index (χ3v) is 4.69. The maximum atomic E-state index is 9.89. The van der Waals surface area contributed by atoms with Crippen molar-refractivity contribution < 1.29 is 19.7 Å². The number of hydrogen-bond donors (Lipinski definition) is 2. The van der Waals surface area contributed by atoms with Crippen LogP contribution in [0, 0.1) is 6.92 Å². The monoisotopic (exact) mass is 446 g/mol. The summed E-state index contributed by atoms with van der Waals surface area (Å²) in [6, 6.07) is 20.8. The molecule has 0 fully saturated rings. The third kappa shape index (κ3) is 10.4. The molecule has 0 saturated carbocycles. The molecule has 2 N–H and O–H groups in total. The zero-order chi connectivity index (χ0) is 24.6. The van der Waals surface area contributed by atoms with Crippen LogP contribution in [0.4, 0.5) is 0 Å². The Hall–Kier alpha value is -3.79. The van der Waals surface area contributed by atoms with Gasteiger partial charge >= 0.3 is 0 Å². The van der Waals surface area contributed by atoms with Crippen LogP contribution in [0.15, 0.2) is 85.5 Å². The average molecular weight is 447 g/mol. The van der Waals surface area contributed by atoms with Crippen LogP contribution in [0.2, 0.25) is 0 Å². The fourth-order valence-corrected chi connectivity index (χ4v) is 2.72. The molecular weight excluding hydrogens is 412 g/mol. The second-order valence-electron chi connectivity index (χ2n) is 7.61. The van der Waals surface area contributed by atoms with Crippen molar-refractivity contribution in [1.29, 1.82) is 0 Å². The Morgan fingerprint density at radius 3 is 2.21 bits per heavy atom. The smallest absolute Gasteiger partial charge is 0.160 e. The number of methoxy groups -OCH3 is 1. The van der Waals surface area contributed by atoms with Crippen molar-refractivity contribution in [2.24, 2.45) is 0 Å². The molecule has 0 atom stereocenters. The third-order valence-electron chi connectivity index (χ3n) is 4.69. The molecule has 4 nitrogen and oxygen atoms in total. The van der Waals surface area contributed by atoms with E-state index in [0.29, 0.717) is 17.4 Å². The first kappa shape index (κ1) is 27.2. The van der Waals surface area contributed by atoms with E-state index in [1.807, 2.05) is 61.5 Å². The molecule has 174 valence electrons. The standard InChI is InChI=1S/C10H12O2.C10H14O.C9H8O/c1-3-4-8-5-6-9(11)10(7-8)12-2;1-7(2)9-5-4-8(3)10(11)6-9;10-8-4-7-9-5-2-1-3-6-9/h3,5-7,11H,1,4H2,2H3;4-7,11H,1-3H3;1-8H/b;;7-4+. The van der Waals surface area contributed by atoms with Crippen molar-refractivity contribution in [3.63, 3.8) is 0 Å². The normalized spacial score (nSPS) is 9.97. The lowest BCUT2D eigenvalue weighted by atomic mass is 10.0. The molecule has 0 amide bonds. The van der Waals surface area contributed by atoms with Crippen LogP contribution in [-0.4, -0.2) is 23.6 Å². The minimum absolute atomic E-state index is 0.172. The number of aldehydes is 1. The van der Waals surface area contributed by atoms with Gasteiger partial charge in [0.2, 0.25) is 0 Å². The van der Waals surface area contributed by atoms with Crippen molar-refractivity contribution in [3.8, 4) is 17.2 Å². The molecule has 0 aliphatic rings. The summed E-state index contributed by atoms with van der Waals surface area (Å²) < 4.78 is 4.95. The maximum Gasteiger partial charge on any atom is 0.160 e.